The zero-order valence-corrected chi connectivity index (χ0v) is 16.2. The Labute approximate surface area is 167 Å². The number of allylic oxidation sites excluding steroid dienone is 1. The van der Waals surface area contributed by atoms with E-state index in [0.29, 0.717) is 21.9 Å². The van der Waals surface area contributed by atoms with Gasteiger partial charge in [-0.3, -0.25) is 15.0 Å². The molecule has 0 saturated heterocycles. The molecule has 0 unspecified atom stereocenters. The fraction of sp³-hybridized carbons (Fsp3) is 0.200. The highest BCUT2D eigenvalue weighted by Gasteiger charge is 2.35. The summed E-state index contributed by atoms with van der Waals surface area (Å²) in [7, 11) is 0. The van der Waals surface area contributed by atoms with Gasteiger partial charge in [0.15, 0.2) is 5.11 Å². The van der Waals surface area contributed by atoms with Crippen molar-refractivity contribution in [3.63, 3.8) is 0 Å². The van der Waals surface area contributed by atoms with Crippen LogP contribution in [0, 0.1) is 10.1 Å². The molecule has 28 heavy (non-hydrogen) atoms. The van der Waals surface area contributed by atoms with Gasteiger partial charge in [-0.15, -0.1) is 0 Å². The van der Waals surface area contributed by atoms with Crippen molar-refractivity contribution in [1.29, 1.82) is 0 Å². The van der Waals surface area contributed by atoms with Crippen LogP contribution in [0.5, 0.6) is 0 Å². The molecule has 0 aromatic heterocycles. The summed E-state index contributed by atoms with van der Waals surface area (Å²) in [5, 5.41) is 14.7. The molecule has 8 heteroatoms. The lowest BCUT2D eigenvalue weighted by Gasteiger charge is -2.37. The van der Waals surface area contributed by atoms with Crippen molar-refractivity contribution in [2.45, 2.75) is 19.9 Å². The van der Waals surface area contributed by atoms with Gasteiger partial charge in [0, 0.05) is 23.5 Å². The molecule has 1 aliphatic rings. The molecule has 144 valence electrons. The first-order valence-electron chi connectivity index (χ1n) is 8.72. The van der Waals surface area contributed by atoms with Crippen molar-refractivity contribution >= 4 is 34.7 Å². The van der Waals surface area contributed by atoms with Gasteiger partial charge in [-0.25, -0.2) is 4.79 Å². The molecule has 0 spiro atoms. The zero-order chi connectivity index (χ0) is 20.3. The summed E-state index contributed by atoms with van der Waals surface area (Å²) in [5.74, 6) is -0.493. The molecular formula is C20H19N3O4S. The van der Waals surface area contributed by atoms with Gasteiger partial charge in [0.1, 0.15) is 0 Å². The quantitative estimate of drug-likeness (QED) is 0.355. The predicted octanol–water partition coefficient (Wildman–Crippen LogP) is 3.87. The average Bonchev–Trinajstić information content (AvgIpc) is 2.68. The predicted molar refractivity (Wildman–Crippen MR) is 110 cm³/mol. The molecule has 0 amide bonds. The van der Waals surface area contributed by atoms with Crippen LogP contribution < -0.4 is 10.2 Å². The highest BCUT2D eigenvalue weighted by atomic mass is 32.1. The first kappa shape index (κ1) is 19.5. The van der Waals surface area contributed by atoms with Crippen LogP contribution in [0.1, 0.15) is 25.5 Å². The molecule has 0 aliphatic carbocycles. The van der Waals surface area contributed by atoms with Crippen molar-refractivity contribution < 1.29 is 14.5 Å². The van der Waals surface area contributed by atoms with E-state index in [1.54, 1.807) is 30.9 Å². The van der Waals surface area contributed by atoms with E-state index in [2.05, 4.69) is 5.32 Å². The van der Waals surface area contributed by atoms with E-state index in [4.69, 9.17) is 17.0 Å². The normalized spacial score (nSPS) is 16.6. The topological polar surface area (TPSA) is 84.7 Å². The molecule has 7 nitrogen and oxygen atoms in total. The van der Waals surface area contributed by atoms with E-state index in [0.717, 1.165) is 5.69 Å². The third-order valence-electron chi connectivity index (χ3n) is 4.41. The summed E-state index contributed by atoms with van der Waals surface area (Å²) in [6, 6.07) is 14.9. The first-order chi connectivity index (χ1) is 13.4. The Bertz CT molecular complexity index is 959. The van der Waals surface area contributed by atoms with E-state index in [9.17, 15) is 14.9 Å². The number of anilines is 1. The van der Waals surface area contributed by atoms with E-state index in [-0.39, 0.29) is 12.3 Å². The molecule has 1 heterocycles. The van der Waals surface area contributed by atoms with Gasteiger partial charge in [-0.2, -0.15) is 0 Å². The number of rotatable bonds is 5. The number of nitrogens with zero attached hydrogens (tertiary/aromatic N) is 2. The SMILES string of the molecule is CCOC(=O)C1=C(C)N(c2ccccc2)C(=S)N[C@@H]1c1cccc([N+](=O)[O-])c1. The van der Waals surface area contributed by atoms with Crippen LogP contribution in [-0.4, -0.2) is 22.6 Å². The van der Waals surface area contributed by atoms with Gasteiger partial charge in [0.2, 0.25) is 0 Å². The number of ether oxygens (including phenoxy) is 1. The molecule has 1 N–H and O–H groups in total. The number of para-hydroxylation sites is 1. The van der Waals surface area contributed by atoms with Crippen molar-refractivity contribution in [1.82, 2.24) is 5.32 Å². The van der Waals surface area contributed by atoms with Crippen LogP contribution in [0.25, 0.3) is 0 Å². The van der Waals surface area contributed by atoms with Gasteiger partial charge in [0.05, 0.1) is 23.1 Å². The second kappa shape index (κ2) is 8.18. The number of thiocarbonyl (C=S) groups is 1. The number of hydrogen-bond acceptors (Lipinski definition) is 5. The number of carbonyl (C=O) groups excluding carboxylic acids is 1. The van der Waals surface area contributed by atoms with Crippen molar-refractivity contribution in [2.24, 2.45) is 0 Å². The highest BCUT2D eigenvalue weighted by molar-refractivity contribution is 7.80. The van der Waals surface area contributed by atoms with Gasteiger partial charge < -0.3 is 10.1 Å². The number of esters is 1. The molecule has 2 aromatic rings. The van der Waals surface area contributed by atoms with Gasteiger partial charge in [-0.05, 0) is 43.8 Å². The molecule has 3 rings (SSSR count). The lowest BCUT2D eigenvalue weighted by molar-refractivity contribution is -0.384. The van der Waals surface area contributed by atoms with Gasteiger partial charge in [-0.1, -0.05) is 30.3 Å². The highest BCUT2D eigenvalue weighted by Crippen LogP contribution is 2.35. The number of carbonyl (C=O) groups is 1. The number of nitro groups is 1. The standard InChI is InChI=1S/C20H19N3O4S/c1-3-27-19(24)17-13(2)22(15-9-5-4-6-10-15)20(28)21-18(17)14-8-7-11-16(12-14)23(25)26/h4-12,18H,3H2,1-2H3,(H,21,28)/t18-/m1/s1. The molecule has 0 saturated carbocycles. The van der Waals surface area contributed by atoms with Gasteiger partial charge >= 0.3 is 5.97 Å². The maximum absolute atomic E-state index is 12.8. The van der Waals surface area contributed by atoms with Crippen LogP contribution in [0.4, 0.5) is 11.4 Å². The maximum atomic E-state index is 12.8. The minimum Gasteiger partial charge on any atom is -0.463 e. The zero-order valence-electron chi connectivity index (χ0n) is 15.4. The van der Waals surface area contributed by atoms with E-state index in [1.807, 2.05) is 30.3 Å². The molecule has 1 aliphatic heterocycles. The number of benzene rings is 2. The van der Waals surface area contributed by atoms with Crippen molar-refractivity contribution in [3.05, 3.63) is 81.5 Å². The van der Waals surface area contributed by atoms with Crippen LogP contribution in [0.2, 0.25) is 0 Å². The lowest BCUT2D eigenvalue weighted by Crippen LogP contribution is -2.48. The number of nitro benzene ring substituents is 1. The number of nitrogens with one attached hydrogen (secondary N) is 1. The van der Waals surface area contributed by atoms with E-state index < -0.39 is 16.9 Å². The smallest absolute Gasteiger partial charge is 0.338 e. The summed E-state index contributed by atoms with van der Waals surface area (Å²) in [4.78, 5) is 25.2. The Hall–Kier alpha value is -3.26. The van der Waals surface area contributed by atoms with Crippen molar-refractivity contribution in [2.75, 3.05) is 11.5 Å². The first-order valence-corrected chi connectivity index (χ1v) is 9.12. The van der Waals surface area contributed by atoms with Crippen LogP contribution in [0.15, 0.2) is 65.9 Å². The average molecular weight is 397 g/mol. The Morgan fingerprint density at radius 3 is 2.61 bits per heavy atom. The second-order valence-corrected chi connectivity index (χ2v) is 6.51. The fourth-order valence-electron chi connectivity index (χ4n) is 3.17. The largest absolute Gasteiger partial charge is 0.463 e. The second-order valence-electron chi connectivity index (χ2n) is 6.13. The Balaban J connectivity index is 2.14. The minimum absolute atomic E-state index is 0.0587. The Kier molecular flexibility index (Phi) is 5.70. The third-order valence-corrected chi connectivity index (χ3v) is 4.71. The summed E-state index contributed by atoms with van der Waals surface area (Å²) in [6.45, 7) is 3.73. The summed E-state index contributed by atoms with van der Waals surface area (Å²) in [5.41, 5.74) is 2.28. The number of non-ortho nitro benzene ring substituents is 1. The van der Waals surface area contributed by atoms with Crippen LogP contribution >= 0.6 is 12.2 Å². The molecular weight excluding hydrogens is 378 g/mol. The van der Waals surface area contributed by atoms with Crippen molar-refractivity contribution in [3.8, 4) is 0 Å². The Morgan fingerprint density at radius 2 is 1.96 bits per heavy atom. The van der Waals surface area contributed by atoms with Crippen LogP contribution in [0.3, 0.4) is 0 Å². The minimum atomic E-state index is -0.647. The number of hydrogen-bond donors (Lipinski definition) is 1. The summed E-state index contributed by atoms with van der Waals surface area (Å²) >= 11 is 5.55. The molecule has 2 aromatic carbocycles. The molecule has 0 radical (unpaired) electrons. The third kappa shape index (κ3) is 3.72. The van der Waals surface area contributed by atoms with Crippen LogP contribution in [-0.2, 0) is 9.53 Å². The van der Waals surface area contributed by atoms with E-state index in [1.165, 1.54) is 12.1 Å². The molecule has 0 fully saturated rings. The summed E-state index contributed by atoms with van der Waals surface area (Å²) in [6.07, 6.45) is 0. The lowest BCUT2D eigenvalue weighted by atomic mass is 9.94. The monoisotopic (exact) mass is 397 g/mol. The molecule has 0 bridgehead atoms. The van der Waals surface area contributed by atoms with Gasteiger partial charge in [0.25, 0.3) is 5.69 Å². The summed E-state index contributed by atoms with van der Waals surface area (Å²) < 4.78 is 5.26. The maximum Gasteiger partial charge on any atom is 0.338 e. The Morgan fingerprint density at radius 1 is 1.25 bits per heavy atom. The van der Waals surface area contributed by atoms with E-state index >= 15 is 0 Å². The fourth-order valence-corrected chi connectivity index (χ4v) is 3.53. The molecule has 1 atom stereocenters.